The highest BCUT2D eigenvalue weighted by atomic mass is 79.9. The van der Waals surface area contributed by atoms with Crippen molar-refractivity contribution < 1.29 is 22.9 Å². The van der Waals surface area contributed by atoms with Crippen LogP contribution in [0.5, 0.6) is 5.75 Å². The highest BCUT2D eigenvalue weighted by Gasteiger charge is 2.21. The summed E-state index contributed by atoms with van der Waals surface area (Å²) in [4.78, 5) is 11.8. The van der Waals surface area contributed by atoms with E-state index in [1.807, 2.05) is 0 Å². The van der Waals surface area contributed by atoms with Gasteiger partial charge in [-0.15, -0.1) is 0 Å². The first-order chi connectivity index (χ1) is 13.5. The summed E-state index contributed by atoms with van der Waals surface area (Å²) < 4.78 is 33.6. The predicted octanol–water partition coefficient (Wildman–Crippen LogP) is 6.11. The van der Waals surface area contributed by atoms with E-state index in [9.17, 15) is 22.9 Å². The van der Waals surface area contributed by atoms with E-state index in [-0.39, 0.29) is 16.4 Å². The molecule has 3 rings (SSSR count). The Hall–Kier alpha value is -1.04. The number of Topliss-reactive ketones (excluding diaryl/α,β-unsaturated/α-hetero) is 1. The summed E-state index contributed by atoms with van der Waals surface area (Å²) in [7, 11) is -4.33. The van der Waals surface area contributed by atoms with E-state index in [1.165, 1.54) is 12.1 Å². The van der Waals surface area contributed by atoms with Crippen LogP contribution in [0.4, 0.5) is 0 Å². The van der Waals surface area contributed by atoms with Crippen LogP contribution in [0.25, 0.3) is 5.57 Å². The second-order valence-electron chi connectivity index (χ2n) is 5.93. The quantitative estimate of drug-likeness (QED) is 0.385. The molecule has 0 radical (unpaired) electrons. The van der Waals surface area contributed by atoms with Crippen LogP contribution in [0.3, 0.4) is 0 Å². The first-order valence-corrected chi connectivity index (χ1v) is 12.4. The average molecular weight is 670 g/mol. The number of phenolic OH excluding ortho intramolecular Hbond substituents is 1. The van der Waals surface area contributed by atoms with Gasteiger partial charge in [0.2, 0.25) is 5.78 Å². The van der Waals surface area contributed by atoms with Crippen molar-refractivity contribution >= 4 is 85.2 Å². The number of halogens is 4. The van der Waals surface area contributed by atoms with Crippen LogP contribution in [0, 0.1) is 0 Å². The Balaban J connectivity index is 2.32. The summed E-state index contributed by atoms with van der Waals surface area (Å²) in [5.74, 6) is -0.171. The minimum Gasteiger partial charge on any atom is -0.506 e. The van der Waals surface area contributed by atoms with E-state index in [0.29, 0.717) is 40.2 Å². The fraction of sp³-hybridized carbons (Fsp3) is 0. The molecule has 0 atom stereocenters. The van der Waals surface area contributed by atoms with E-state index in [2.05, 4.69) is 63.7 Å². The van der Waals surface area contributed by atoms with Crippen LogP contribution < -0.4 is 0 Å². The molecule has 2 aromatic rings. The Morgan fingerprint density at radius 2 is 1.31 bits per heavy atom. The molecule has 0 saturated carbocycles. The lowest BCUT2D eigenvalue weighted by molar-refractivity contribution is -0.110. The second kappa shape index (κ2) is 8.60. The topological polar surface area (TPSA) is 91.7 Å². The predicted molar refractivity (Wildman–Crippen MR) is 125 cm³/mol. The van der Waals surface area contributed by atoms with Crippen LogP contribution in [-0.4, -0.2) is 23.9 Å². The number of ketones is 1. The van der Waals surface area contributed by atoms with Gasteiger partial charge in [-0.05, 0) is 122 Å². The second-order valence-corrected chi connectivity index (χ2v) is 10.8. The number of rotatable bonds is 3. The van der Waals surface area contributed by atoms with Gasteiger partial charge in [0.15, 0.2) is 0 Å². The molecule has 2 aromatic carbocycles. The summed E-state index contributed by atoms with van der Waals surface area (Å²) in [6, 6.07) is 9.11. The van der Waals surface area contributed by atoms with Crippen molar-refractivity contribution in [3.05, 3.63) is 83.2 Å². The maximum absolute atomic E-state index is 12.1. The fourth-order valence-corrected chi connectivity index (χ4v) is 5.56. The molecule has 0 fully saturated rings. The van der Waals surface area contributed by atoms with E-state index >= 15 is 0 Å². The van der Waals surface area contributed by atoms with Gasteiger partial charge in [-0.2, -0.15) is 8.42 Å². The number of hydrogen-bond donors (Lipinski definition) is 2. The Morgan fingerprint density at radius 3 is 1.76 bits per heavy atom. The molecule has 29 heavy (non-hydrogen) atoms. The van der Waals surface area contributed by atoms with Crippen LogP contribution in [0.1, 0.15) is 11.1 Å². The van der Waals surface area contributed by atoms with Crippen molar-refractivity contribution in [3.8, 4) is 5.75 Å². The van der Waals surface area contributed by atoms with Crippen LogP contribution in [0.15, 0.2) is 76.9 Å². The summed E-state index contributed by atoms with van der Waals surface area (Å²) in [5, 5.41) is 10.1. The third-order valence-electron chi connectivity index (χ3n) is 4.03. The van der Waals surface area contributed by atoms with Crippen LogP contribution in [0.2, 0.25) is 0 Å². The molecule has 0 saturated heterocycles. The molecular weight excluding hydrogens is 660 g/mol. The molecule has 0 unspecified atom stereocenters. The molecule has 10 heteroatoms. The van der Waals surface area contributed by atoms with Gasteiger partial charge in [0.25, 0.3) is 10.1 Å². The number of carbonyl (C=O) groups is 1. The molecular formula is C19H10Br4O5S. The lowest BCUT2D eigenvalue weighted by Gasteiger charge is -2.17. The molecule has 1 aliphatic rings. The van der Waals surface area contributed by atoms with E-state index in [4.69, 9.17) is 0 Å². The highest BCUT2D eigenvalue weighted by Crippen LogP contribution is 2.40. The smallest absolute Gasteiger partial charge is 0.294 e. The lowest BCUT2D eigenvalue weighted by atomic mass is 9.91. The van der Waals surface area contributed by atoms with Gasteiger partial charge in [-0.25, -0.2) is 0 Å². The minimum atomic E-state index is -4.33. The zero-order chi connectivity index (χ0) is 21.5. The molecule has 0 amide bonds. The summed E-state index contributed by atoms with van der Waals surface area (Å²) in [6.45, 7) is 0. The summed E-state index contributed by atoms with van der Waals surface area (Å²) >= 11 is 13.2. The van der Waals surface area contributed by atoms with Gasteiger partial charge >= 0.3 is 0 Å². The monoisotopic (exact) mass is 666 g/mol. The highest BCUT2D eigenvalue weighted by molar-refractivity contribution is 9.13. The van der Waals surface area contributed by atoms with Gasteiger partial charge in [-0.1, -0.05) is 12.1 Å². The van der Waals surface area contributed by atoms with E-state index < -0.39 is 10.1 Å². The van der Waals surface area contributed by atoms with Crippen LogP contribution >= 0.6 is 63.7 Å². The normalized spacial score (nSPS) is 14.5. The molecule has 5 nitrogen and oxygen atoms in total. The van der Waals surface area contributed by atoms with Crippen molar-refractivity contribution in [2.24, 2.45) is 0 Å². The number of hydrogen-bond acceptors (Lipinski definition) is 4. The number of benzene rings is 2. The van der Waals surface area contributed by atoms with Gasteiger partial charge in [0.05, 0.1) is 22.8 Å². The molecule has 0 aliphatic heterocycles. The first kappa shape index (κ1) is 22.6. The van der Waals surface area contributed by atoms with Gasteiger partial charge in [-0.3, -0.25) is 9.35 Å². The Labute approximate surface area is 200 Å². The molecule has 0 bridgehead atoms. The lowest BCUT2D eigenvalue weighted by Crippen LogP contribution is -2.05. The number of carbonyl (C=O) groups excluding carboxylic acids is 1. The third kappa shape index (κ3) is 4.83. The molecule has 150 valence electrons. The van der Waals surface area contributed by atoms with Crippen LogP contribution in [-0.2, 0) is 14.9 Å². The van der Waals surface area contributed by atoms with Crippen molar-refractivity contribution in [3.63, 3.8) is 0 Å². The molecule has 2 N–H and O–H groups in total. The minimum absolute atomic E-state index is 0.0343. The fourth-order valence-electron chi connectivity index (χ4n) is 2.71. The zero-order valence-corrected chi connectivity index (χ0v) is 21.3. The summed E-state index contributed by atoms with van der Waals surface area (Å²) in [5.41, 5.74) is 2.68. The Kier molecular flexibility index (Phi) is 6.72. The molecule has 0 heterocycles. The standard InChI is InChI=1S/C19H10Br4O5S/c20-13-5-10(6-14(21)18(13)24)17(11-7-15(22)19(25)16(23)8-11)9-1-3-12(4-2-9)29(26,27)28/h1-8,24H,(H,26,27,28). The molecule has 0 spiro atoms. The SMILES string of the molecule is O=C1C(Br)=CC(=C(c2ccc(S(=O)(=O)O)cc2)c2cc(Br)c(O)c(Br)c2)C=C1Br. The van der Waals surface area contributed by atoms with E-state index in [1.54, 1.807) is 36.4 Å². The van der Waals surface area contributed by atoms with Crippen molar-refractivity contribution in [1.82, 2.24) is 0 Å². The maximum Gasteiger partial charge on any atom is 0.294 e. The number of aromatic hydroxyl groups is 1. The van der Waals surface area contributed by atoms with Crippen molar-refractivity contribution in [2.45, 2.75) is 4.90 Å². The van der Waals surface area contributed by atoms with Crippen molar-refractivity contribution in [2.75, 3.05) is 0 Å². The zero-order valence-electron chi connectivity index (χ0n) is 14.2. The van der Waals surface area contributed by atoms with E-state index in [0.717, 1.165) is 0 Å². The van der Waals surface area contributed by atoms with Gasteiger partial charge < -0.3 is 5.11 Å². The van der Waals surface area contributed by atoms with Gasteiger partial charge in [0.1, 0.15) is 5.75 Å². The average Bonchev–Trinajstić information content (AvgIpc) is 2.64. The Bertz CT molecular complexity index is 1180. The maximum atomic E-state index is 12.1. The van der Waals surface area contributed by atoms with Crippen molar-refractivity contribution in [1.29, 1.82) is 0 Å². The Morgan fingerprint density at radius 1 is 0.828 bits per heavy atom. The molecule has 0 aromatic heterocycles. The number of phenols is 1. The number of allylic oxidation sites excluding steroid dienone is 5. The largest absolute Gasteiger partial charge is 0.506 e. The third-order valence-corrected chi connectivity index (χ3v) is 7.29. The summed E-state index contributed by atoms with van der Waals surface area (Å²) in [6.07, 6.45) is 3.32. The van der Waals surface area contributed by atoms with Gasteiger partial charge in [0, 0.05) is 0 Å². The molecule has 1 aliphatic carbocycles. The first-order valence-electron chi connectivity index (χ1n) is 7.78.